The van der Waals surface area contributed by atoms with Crippen LogP contribution < -0.4 is 0 Å². The largest absolute Gasteiger partial charge is 0.288 e. The quantitative estimate of drug-likeness (QED) is 0.416. The van der Waals surface area contributed by atoms with Gasteiger partial charge in [0.1, 0.15) is 5.70 Å². The third-order valence-electron chi connectivity index (χ3n) is 5.36. The van der Waals surface area contributed by atoms with Crippen molar-refractivity contribution in [1.29, 1.82) is 0 Å². The van der Waals surface area contributed by atoms with E-state index in [0.717, 1.165) is 46.5 Å². The Bertz CT molecular complexity index is 1180. The Morgan fingerprint density at radius 3 is 2.52 bits per heavy atom. The summed E-state index contributed by atoms with van der Waals surface area (Å²) in [4.78, 5) is 14.5. The van der Waals surface area contributed by atoms with Crippen molar-refractivity contribution >= 4 is 57.8 Å². The third kappa shape index (κ3) is 4.67. The second-order valence-corrected chi connectivity index (χ2v) is 9.81. The lowest BCUT2D eigenvalue weighted by atomic mass is 9.99. The van der Waals surface area contributed by atoms with Crippen LogP contribution in [0.15, 0.2) is 62.8 Å². The van der Waals surface area contributed by atoms with E-state index in [9.17, 15) is 4.79 Å². The summed E-state index contributed by atoms with van der Waals surface area (Å²) in [5, 5.41) is 10.2. The van der Waals surface area contributed by atoms with E-state index >= 15 is 0 Å². The Labute approximate surface area is 196 Å². The van der Waals surface area contributed by atoms with Crippen LogP contribution in [0.3, 0.4) is 0 Å². The smallest absolute Gasteiger partial charge is 0.200 e. The second kappa shape index (κ2) is 9.07. The molecule has 0 spiro atoms. The monoisotopic (exact) mass is 468 g/mol. The first-order valence-electron chi connectivity index (χ1n) is 10.2. The van der Waals surface area contributed by atoms with Gasteiger partial charge in [-0.2, -0.15) is 0 Å². The summed E-state index contributed by atoms with van der Waals surface area (Å²) in [5.74, 6) is -0.156. The fourth-order valence-corrected chi connectivity index (χ4v) is 5.56. The van der Waals surface area contributed by atoms with Crippen molar-refractivity contribution in [3.05, 3.63) is 84.1 Å². The van der Waals surface area contributed by atoms with Crippen LogP contribution in [0, 0.1) is 13.8 Å². The first kappa shape index (κ1) is 21.9. The molecule has 1 aromatic heterocycles. The third-order valence-corrected chi connectivity index (χ3v) is 7.07. The summed E-state index contributed by atoms with van der Waals surface area (Å²) < 4.78 is 0. The van der Waals surface area contributed by atoms with E-state index in [4.69, 9.17) is 23.2 Å². The maximum absolute atomic E-state index is 12.2. The minimum Gasteiger partial charge on any atom is -0.288 e. The van der Waals surface area contributed by atoms with Gasteiger partial charge in [-0.05, 0) is 92.6 Å². The zero-order valence-electron chi connectivity index (χ0n) is 17.6. The summed E-state index contributed by atoms with van der Waals surface area (Å²) in [5.41, 5.74) is 6.03. The molecule has 0 saturated carbocycles. The van der Waals surface area contributed by atoms with Crippen LogP contribution >= 0.6 is 34.5 Å². The molecule has 0 bridgehead atoms. The highest BCUT2D eigenvalue weighted by molar-refractivity contribution is 7.13. The van der Waals surface area contributed by atoms with Gasteiger partial charge in [-0.25, -0.2) is 0 Å². The Balaban J connectivity index is 1.87. The molecule has 31 heavy (non-hydrogen) atoms. The SMILES string of the molecule is CC1=C/C(=C(/N=Nc2c(C)cc(Cl)cc2C)c2cc3c(s2)CCCC=C3)C=C(Cl)C1=O. The zero-order chi connectivity index (χ0) is 22.1. The molecule has 2 aliphatic carbocycles. The number of Topliss-reactive ketones (excluding diaryl/α,β-unsaturated/α-hetero) is 1. The van der Waals surface area contributed by atoms with Crippen molar-refractivity contribution in [1.82, 2.24) is 0 Å². The van der Waals surface area contributed by atoms with Crippen molar-refractivity contribution in [3.63, 3.8) is 0 Å². The highest BCUT2D eigenvalue weighted by Gasteiger charge is 2.20. The van der Waals surface area contributed by atoms with E-state index in [1.807, 2.05) is 32.1 Å². The Hall–Kier alpha value is -2.27. The van der Waals surface area contributed by atoms with Crippen LogP contribution in [0.2, 0.25) is 5.02 Å². The predicted octanol–water partition coefficient (Wildman–Crippen LogP) is 8.51. The highest BCUT2D eigenvalue weighted by Crippen LogP contribution is 2.38. The summed E-state index contributed by atoms with van der Waals surface area (Å²) in [6.07, 6.45) is 11.2. The Morgan fingerprint density at radius 2 is 1.81 bits per heavy atom. The van der Waals surface area contributed by atoms with E-state index < -0.39 is 0 Å². The van der Waals surface area contributed by atoms with Crippen molar-refractivity contribution in [2.75, 3.05) is 0 Å². The van der Waals surface area contributed by atoms with Crippen molar-refractivity contribution in [3.8, 4) is 0 Å². The summed E-state index contributed by atoms with van der Waals surface area (Å²) >= 11 is 14.1. The van der Waals surface area contributed by atoms with Crippen molar-refractivity contribution < 1.29 is 4.79 Å². The number of halogens is 2. The van der Waals surface area contributed by atoms with E-state index in [-0.39, 0.29) is 10.8 Å². The molecule has 2 aliphatic rings. The molecule has 2 aromatic rings. The van der Waals surface area contributed by atoms with E-state index in [1.54, 1.807) is 24.3 Å². The van der Waals surface area contributed by atoms with Crippen LogP contribution in [0.1, 0.15) is 46.2 Å². The van der Waals surface area contributed by atoms with Gasteiger partial charge in [0.05, 0.1) is 15.6 Å². The van der Waals surface area contributed by atoms with Gasteiger partial charge in [-0.3, -0.25) is 4.79 Å². The summed E-state index contributed by atoms with van der Waals surface area (Å²) in [7, 11) is 0. The fraction of sp³-hybridized carbons (Fsp3) is 0.240. The number of hydrogen-bond acceptors (Lipinski definition) is 4. The van der Waals surface area contributed by atoms with Gasteiger partial charge in [0.15, 0.2) is 5.78 Å². The van der Waals surface area contributed by atoms with Crippen LogP contribution in [-0.4, -0.2) is 5.78 Å². The molecule has 1 aromatic carbocycles. The summed E-state index contributed by atoms with van der Waals surface area (Å²) in [6, 6.07) is 5.92. The average Bonchev–Trinajstić information content (AvgIpc) is 2.97. The molecule has 3 nitrogen and oxygen atoms in total. The molecule has 0 unspecified atom stereocenters. The number of ketones is 1. The van der Waals surface area contributed by atoms with Crippen LogP contribution in [0.4, 0.5) is 5.69 Å². The molecule has 158 valence electrons. The minimum absolute atomic E-state index is 0.156. The molecule has 0 fully saturated rings. The first-order valence-corrected chi connectivity index (χ1v) is 11.7. The number of benzene rings is 1. The number of nitrogens with zero attached hydrogens (tertiary/aromatic N) is 2. The molecule has 0 amide bonds. The minimum atomic E-state index is -0.156. The number of aryl methyl sites for hydroxylation is 3. The van der Waals surface area contributed by atoms with Crippen molar-refractivity contribution in [2.24, 2.45) is 10.2 Å². The number of rotatable bonds is 3. The van der Waals surface area contributed by atoms with Gasteiger partial charge in [0, 0.05) is 15.5 Å². The highest BCUT2D eigenvalue weighted by atomic mass is 35.5. The standard InChI is InChI=1S/C25H22Cl2N2OS/c1-14-10-19(26)11-15(2)23(14)28-29-24(18-9-16(3)25(30)20(27)12-18)22-13-17-7-5-4-6-8-21(17)31-22/h5,7,9-13H,4,6,8H2,1-3H3/b24-18-,29-28?. The van der Waals surface area contributed by atoms with E-state index in [2.05, 4.69) is 28.4 Å². The van der Waals surface area contributed by atoms with Crippen LogP contribution in [-0.2, 0) is 11.2 Å². The van der Waals surface area contributed by atoms with Gasteiger partial charge in [-0.15, -0.1) is 21.6 Å². The zero-order valence-corrected chi connectivity index (χ0v) is 20.0. The van der Waals surface area contributed by atoms with Gasteiger partial charge in [-0.1, -0.05) is 35.4 Å². The molecule has 0 atom stereocenters. The molecule has 4 rings (SSSR count). The average molecular weight is 469 g/mol. The molecule has 0 radical (unpaired) electrons. The molecule has 0 aliphatic heterocycles. The number of azo groups is 1. The lowest BCUT2D eigenvalue weighted by Gasteiger charge is -2.11. The number of fused-ring (bicyclic) bond motifs is 1. The number of carbonyl (C=O) groups is 1. The van der Waals surface area contributed by atoms with Gasteiger partial charge in [0.25, 0.3) is 0 Å². The molecule has 0 saturated heterocycles. The number of thiophene rings is 1. The molecular formula is C25H22Cl2N2OS. The Kier molecular flexibility index (Phi) is 6.42. The predicted molar refractivity (Wildman–Crippen MR) is 131 cm³/mol. The van der Waals surface area contributed by atoms with Crippen LogP contribution in [0.5, 0.6) is 0 Å². The Morgan fingerprint density at radius 1 is 1.06 bits per heavy atom. The lowest BCUT2D eigenvalue weighted by Crippen LogP contribution is -2.05. The van der Waals surface area contributed by atoms with Gasteiger partial charge < -0.3 is 0 Å². The molecule has 6 heteroatoms. The van der Waals surface area contributed by atoms with E-state index in [0.29, 0.717) is 16.3 Å². The summed E-state index contributed by atoms with van der Waals surface area (Å²) in [6.45, 7) is 5.71. The fourth-order valence-electron chi connectivity index (χ4n) is 3.76. The first-order chi connectivity index (χ1) is 14.8. The molecule has 1 heterocycles. The maximum Gasteiger partial charge on any atom is 0.200 e. The number of hydrogen-bond donors (Lipinski definition) is 0. The number of allylic oxidation sites excluding steroid dienone is 6. The molecular weight excluding hydrogens is 447 g/mol. The van der Waals surface area contributed by atoms with Crippen LogP contribution in [0.25, 0.3) is 11.8 Å². The topological polar surface area (TPSA) is 41.8 Å². The lowest BCUT2D eigenvalue weighted by molar-refractivity contribution is -0.111. The van der Waals surface area contributed by atoms with Crippen molar-refractivity contribution in [2.45, 2.75) is 40.0 Å². The maximum atomic E-state index is 12.2. The van der Waals surface area contributed by atoms with Gasteiger partial charge >= 0.3 is 0 Å². The van der Waals surface area contributed by atoms with E-state index in [1.165, 1.54) is 10.4 Å². The normalized spacial score (nSPS) is 18.0. The molecule has 0 N–H and O–H groups in total. The van der Waals surface area contributed by atoms with Gasteiger partial charge in [0.2, 0.25) is 0 Å². The number of carbonyl (C=O) groups excluding carboxylic acids is 1. The second-order valence-electron chi connectivity index (χ2n) is 7.82.